The number of hydrogen-bond donors (Lipinski definition) is 2. The topological polar surface area (TPSA) is 45.2 Å². The van der Waals surface area contributed by atoms with E-state index in [9.17, 15) is 27.1 Å². The first kappa shape index (κ1) is 21.8. The number of aryl methyl sites for hydroxylation is 1. The van der Waals surface area contributed by atoms with E-state index >= 15 is 0 Å². The second-order valence-corrected chi connectivity index (χ2v) is 7.47. The number of pyridine rings is 1. The first-order chi connectivity index (χ1) is 14.0. The van der Waals surface area contributed by atoms with Crippen LogP contribution < -0.4 is 5.32 Å². The Morgan fingerprint density at radius 2 is 1.77 bits per heavy atom. The fraction of sp³-hybridized carbons (Fsp3) is 0.318. The molecule has 0 radical (unpaired) electrons. The van der Waals surface area contributed by atoms with E-state index in [0.717, 1.165) is 24.8 Å². The molecule has 1 aromatic heterocycles. The van der Waals surface area contributed by atoms with Gasteiger partial charge in [0, 0.05) is 22.3 Å². The maximum absolute atomic E-state index is 14.7. The molecule has 3 aromatic rings. The van der Waals surface area contributed by atoms with Crippen molar-refractivity contribution in [1.82, 2.24) is 4.98 Å². The molecule has 3 rings (SSSR count). The van der Waals surface area contributed by atoms with Crippen molar-refractivity contribution in [3.05, 3.63) is 65.4 Å². The van der Waals surface area contributed by atoms with E-state index in [-0.39, 0.29) is 6.42 Å². The first-order valence-corrected chi connectivity index (χ1v) is 9.36. The molecule has 0 saturated carbocycles. The monoisotopic (exact) mass is 424 g/mol. The lowest BCUT2D eigenvalue weighted by atomic mass is 9.75. The minimum Gasteiger partial charge on any atom is -0.503 e. The van der Waals surface area contributed by atoms with E-state index in [1.807, 2.05) is 0 Å². The van der Waals surface area contributed by atoms with Gasteiger partial charge in [-0.1, -0.05) is 19.1 Å². The lowest BCUT2D eigenvalue weighted by Gasteiger charge is -2.40. The molecule has 0 fully saturated rings. The zero-order valence-corrected chi connectivity index (χ0v) is 16.6. The number of phenols is 1. The Morgan fingerprint density at radius 3 is 2.40 bits per heavy atom. The average molecular weight is 424 g/mol. The summed E-state index contributed by atoms with van der Waals surface area (Å²) >= 11 is 0. The lowest BCUT2D eigenvalue weighted by molar-refractivity contribution is -0.225. The van der Waals surface area contributed by atoms with Crippen molar-refractivity contribution in [2.45, 2.75) is 39.4 Å². The third-order valence-corrected chi connectivity index (χ3v) is 5.60. The summed E-state index contributed by atoms with van der Waals surface area (Å²) in [6, 6.07) is 8.39. The Hall–Kier alpha value is -2.90. The molecule has 0 saturated heterocycles. The highest BCUT2D eigenvalue weighted by Crippen LogP contribution is 2.52. The molecule has 3 nitrogen and oxygen atoms in total. The quantitative estimate of drug-likeness (QED) is 0.450. The Bertz CT molecular complexity index is 1080. The van der Waals surface area contributed by atoms with Crippen LogP contribution in [0.2, 0.25) is 0 Å². The fourth-order valence-electron chi connectivity index (χ4n) is 3.47. The van der Waals surface area contributed by atoms with E-state index in [1.165, 1.54) is 6.92 Å². The predicted octanol–water partition coefficient (Wildman–Crippen LogP) is 6.66. The fourth-order valence-corrected chi connectivity index (χ4v) is 3.47. The molecule has 2 N–H and O–H groups in total. The molecule has 2 unspecified atom stereocenters. The van der Waals surface area contributed by atoms with Crippen molar-refractivity contribution in [2.75, 3.05) is 5.32 Å². The molecule has 1 heterocycles. The van der Waals surface area contributed by atoms with Gasteiger partial charge in [0.1, 0.15) is 0 Å². The van der Waals surface area contributed by atoms with E-state index in [4.69, 9.17) is 0 Å². The van der Waals surface area contributed by atoms with Gasteiger partial charge in [-0.2, -0.15) is 13.2 Å². The summed E-state index contributed by atoms with van der Waals surface area (Å²) in [5.41, 5.74) is -1.28. The lowest BCUT2D eigenvalue weighted by Crippen LogP contribution is -2.43. The number of benzene rings is 2. The Labute approximate surface area is 170 Å². The minimum atomic E-state index is -4.71. The molecule has 30 heavy (non-hydrogen) atoms. The summed E-state index contributed by atoms with van der Waals surface area (Å²) in [7, 11) is 0. The molecule has 0 bridgehead atoms. The summed E-state index contributed by atoms with van der Waals surface area (Å²) in [4.78, 5) is 4.36. The Balaban J connectivity index is 2.23. The van der Waals surface area contributed by atoms with Gasteiger partial charge in [0.2, 0.25) is 0 Å². The zero-order valence-electron chi connectivity index (χ0n) is 16.6. The number of alkyl halides is 3. The molecule has 0 amide bonds. The van der Waals surface area contributed by atoms with Crippen LogP contribution in [-0.2, 0) is 0 Å². The van der Waals surface area contributed by atoms with Gasteiger partial charge in [0.15, 0.2) is 17.4 Å². The number of nitrogens with one attached hydrogen (secondary N) is 1. The Kier molecular flexibility index (Phi) is 5.62. The zero-order chi connectivity index (χ0) is 22.3. The molecule has 2 atom stereocenters. The normalized spacial score (nSPS) is 15.1. The molecule has 0 spiro atoms. The van der Waals surface area contributed by atoms with Crippen LogP contribution >= 0.6 is 0 Å². The summed E-state index contributed by atoms with van der Waals surface area (Å²) in [5, 5.41) is 13.0. The first-order valence-electron chi connectivity index (χ1n) is 9.36. The number of hydrogen-bond acceptors (Lipinski definition) is 3. The number of anilines is 1. The highest BCUT2D eigenvalue weighted by molar-refractivity contribution is 5.91. The molecular formula is C22H21F5N2O. The van der Waals surface area contributed by atoms with Gasteiger partial charge >= 0.3 is 6.18 Å². The van der Waals surface area contributed by atoms with Crippen molar-refractivity contribution >= 4 is 16.6 Å². The predicted molar refractivity (Wildman–Crippen MR) is 105 cm³/mol. The number of fused-ring (bicyclic) bond motifs is 1. The van der Waals surface area contributed by atoms with Crippen molar-refractivity contribution in [1.29, 1.82) is 0 Å². The van der Waals surface area contributed by atoms with Crippen LogP contribution in [0.3, 0.4) is 0 Å². The van der Waals surface area contributed by atoms with Gasteiger partial charge in [0.25, 0.3) is 0 Å². The molecule has 2 aromatic carbocycles. The Morgan fingerprint density at radius 1 is 1.07 bits per heavy atom. The number of halogens is 5. The van der Waals surface area contributed by atoms with Gasteiger partial charge in [0.05, 0.1) is 17.0 Å². The van der Waals surface area contributed by atoms with E-state index in [2.05, 4.69) is 10.3 Å². The van der Waals surface area contributed by atoms with Gasteiger partial charge in [-0.15, -0.1) is 0 Å². The summed E-state index contributed by atoms with van der Waals surface area (Å²) < 4.78 is 70.6. The summed E-state index contributed by atoms with van der Waals surface area (Å²) in [6.45, 7) is 4.10. The third kappa shape index (κ3) is 3.66. The summed E-state index contributed by atoms with van der Waals surface area (Å²) in [5.74, 6) is -3.98. The number of rotatable bonds is 5. The second kappa shape index (κ2) is 7.74. The van der Waals surface area contributed by atoms with Crippen LogP contribution in [0.15, 0.2) is 42.5 Å². The maximum atomic E-state index is 14.7. The second-order valence-electron chi connectivity index (χ2n) is 7.47. The van der Waals surface area contributed by atoms with E-state index < -0.39 is 40.6 Å². The van der Waals surface area contributed by atoms with Crippen LogP contribution in [0.25, 0.3) is 10.9 Å². The van der Waals surface area contributed by atoms with Crippen molar-refractivity contribution in [3.8, 4) is 5.75 Å². The molecule has 0 aliphatic carbocycles. The standard InChI is InChI=1S/C22H21F5N2O/c1-4-21(3,22(25,26)27)20(14-10-11-15(23)19(30)18(14)24)29-17-7-5-6-16-13(17)9-8-12(2)28-16/h5-11,20,29-30H,4H2,1-3H3. The number of phenolic OH excluding ortho intramolecular Hbond substituents is 1. The molecule has 8 heteroatoms. The molecule has 0 aliphatic heterocycles. The van der Waals surface area contributed by atoms with Crippen LogP contribution in [0.5, 0.6) is 5.75 Å². The molecular weight excluding hydrogens is 403 g/mol. The smallest absolute Gasteiger partial charge is 0.396 e. The van der Waals surface area contributed by atoms with E-state index in [0.29, 0.717) is 16.6 Å². The molecule has 160 valence electrons. The van der Waals surface area contributed by atoms with Gasteiger partial charge in [-0.3, -0.25) is 4.98 Å². The highest BCUT2D eigenvalue weighted by atomic mass is 19.4. The third-order valence-electron chi connectivity index (χ3n) is 5.60. The van der Waals surface area contributed by atoms with Crippen molar-refractivity contribution < 1.29 is 27.1 Å². The van der Waals surface area contributed by atoms with Gasteiger partial charge in [-0.25, -0.2) is 8.78 Å². The highest BCUT2D eigenvalue weighted by Gasteiger charge is 2.56. The SMILES string of the molecule is CCC(C)(C(Nc1cccc2nc(C)ccc12)c1ccc(F)c(O)c1F)C(F)(F)F. The number of aromatic hydroxyl groups is 1. The maximum Gasteiger partial charge on any atom is 0.396 e. The van der Waals surface area contributed by atoms with Crippen LogP contribution in [0.4, 0.5) is 27.6 Å². The number of aromatic nitrogens is 1. The van der Waals surface area contributed by atoms with Crippen LogP contribution in [0, 0.1) is 24.0 Å². The van der Waals surface area contributed by atoms with Crippen LogP contribution in [-0.4, -0.2) is 16.3 Å². The van der Waals surface area contributed by atoms with Crippen molar-refractivity contribution in [2.24, 2.45) is 5.41 Å². The van der Waals surface area contributed by atoms with Gasteiger partial charge < -0.3 is 10.4 Å². The minimum absolute atomic E-state index is 0.317. The van der Waals surface area contributed by atoms with Gasteiger partial charge in [-0.05, 0) is 50.6 Å². The largest absolute Gasteiger partial charge is 0.503 e. The number of nitrogens with zero attached hydrogens (tertiary/aromatic N) is 1. The molecule has 0 aliphatic rings. The average Bonchev–Trinajstić information content (AvgIpc) is 2.69. The van der Waals surface area contributed by atoms with Crippen molar-refractivity contribution in [3.63, 3.8) is 0 Å². The van der Waals surface area contributed by atoms with Crippen LogP contribution in [0.1, 0.15) is 37.6 Å². The van der Waals surface area contributed by atoms with E-state index in [1.54, 1.807) is 37.3 Å². The summed E-state index contributed by atoms with van der Waals surface area (Å²) in [6.07, 6.45) is -5.09.